The first-order valence-electron chi connectivity index (χ1n) is 8.60. The van der Waals surface area contributed by atoms with Gasteiger partial charge in [-0.2, -0.15) is 13.2 Å². The van der Waals surface area contributed by atoms with Crippen LogP contribution in [0.5, 0.6) is 0 Å². The van der Waals surface area contributed by atoms with E-state index in [9.17, 15) is 18.0 Å². The molecule has 2 aromatic carbocycles. The molecule has 146 valence electrons. The summed E-state index contributed by atoms with van der Waals surface area (Å²) in [6, 6.07) is 8.00. The molecule has 0 spiro atoms. The van der Waals surface area contributed by atoms with Gasteiger partial charge in [-0.05, 0) is 36.4 Å². The Morgan fingerprint density at radius 3 is 2.64 bits per heavy atom. The predicted molar refractivity (Wildman–Crippen MR) is 96.4 cm³/mol. The third kappa shape index (κ3) is 3.65. The molecule has 1 N–H and O–H groups in total. The number of oxazole rings is 1. The van der Waals surface area contributed by atoms with Crippen LogP contribution in [0, 0.1) is 0 Å². The number of morpholine rings is 1. The van der Waals surface area contributed by atoms with Crippen molar-refractivity contribution in [3.05, 3.63) is 53.9 Å². The van der Waals surface area contributed by atoms with E-state index in [2.05, 4.69) is 10.3 Å². The Hall–Kier alpha value is -3.07. The van der Waals surface area contributed by atoms with Crippen LogP contribution in [-0.4, -0.2) is 37.2 Å². The van der Waals surface area contributed by atoms with Crippen LogP contribution in [0.1, 0.15) is 15.9 Å². The molecule has 1 saturated heterocycles. The number of nitrogens with one attached hydrogen (secondary N) is 1. The number of amides is 1. The molecule has 1 amide bonds. The SMILES string of the molecule is O=C(Nc1cc(C(F)(F)F)ccc1N1CCOCC1)c1ccc2ocnc2c1. The molecular formula is C19H16F3N3O3. The molecule has 9 heteroatoms. The van der Waals surface area contributed by atoms with Gasteiger partial charge in [-0.1, -0.05) is 0 Å². The molecule has 0 radical (unpaired) electrons. The first-order chi connectivity index (χ1) is 13.4. The van der Waals surface area contributed by atoms with E-state index in [1.807, 2.05) is 4.90 Å². The van der Waals surface area contributed by atoms with Crippen LogP contribution >= 0.6 is 0 Å². The number of anilines is 2. The molecular weight excluding hydrogens is 375 g/mol. The van der Waals surface area contributed by atoms with Crippen LogP contribution in [0.3, 0.4) is 0 Å². The smallest absolute Gasteiger partial charge is 0.416 e. The lowest BCUT2D eigenvalue weighted by atomic mass is 10.1. The maximum atomic E-state index is 13.2. The van der Waals surface area contributed by atoms with E-state index in [4.69, 9.17) is 9.15 Å². The van der Waals surface area contributed by atoms with E-state index in [1.165, 1.54) is 24.6 Å². The molecule has 0 atom stereocenters. The van der Waals surface area contributed by atoms with Gasteiger partial charge >= 0.3 is 6.18 Å². The van der Waals surface area contributed by atoms with E-state index in [0.29, 0.717) is 43.1 Å². The third-order valence-electron chi connectivity index (χ3n) is 4.52. The highest BCUT2D eigenvalue weighted by atomic mass is 19.4. The third-order valence-corrected chi connectivity index (χ3v) is 4.52. The standard InChI is InChI=1S/C19H16F3N3O3/c20-19(21,22)13-2-3-16(25-5-7-27-8-6-25)14(10-13)24-18(26)12-1-4-17-15(9-12)23-11-28-17/h1-4,9-11H,5-8H2,(H,24,26). The second-order valence-corrected chi connectivity index (χ2v) is 6.32. The normalized spacial score (nSPS) is 15.0. The van der Waals surface area contributed by atoms with Gasteiger partial charge in [0.15, 0.2) is 12.0 Å². The van der Waals surface area contributed by atoms with Gasteiger partial charge in [0.25, 0.3) is 5.91 Å². The van der Waals surface area contributed by atoms with E-state index < -0.39 is 17.6 Å². The summed E-state index contributed by atoms with van der Waals surface area (Å²) in [4.78, 5) is 18.6. The number of benzene rings is 2. The van der Waals surface area contributed by atoms with Crippen molar-refractivity contribution in [3.63, 3.8) is 0 Å². The first kappa shape index (κ1) is 18.3. The molecule has 28 heavy (non-hydrogen) atoms. The fourth-order valence-electron chi connectivity index (χ4n) is 3.09. The lowest BCUT2D eigenvalue weighted by Crippen LogP contribution is -2.36. The van der Waals surface area contributed by atoms with Gasteiger partial charge in [0.1, 0.15) is 5.52 Å². The van der Waals surface area contributed by atoms with Gasteiger partial charge in [0.05, 0.1) is 30.2 Å². The Morgan fingerprint density at radius 1 is 1.11 bits per heavy atom. The number of alkyl halides is 3. The average Bonchev–Trinajstić information content (AvgIpc) is 3.15. The topological polar surface area (TPSA) is 67.6 Å². The second kappa shape index (κ2) is 7.16. The van der Waals surface area contributed by atoms with Crippen LogP contribution in [0.15, 0.2) is 47.2 Å². The summed E-state index contributed by atoms with van der Waals surface area (Å²) >= 11 is 0. The van der Waals surface area contributed by atoms with E-state index >= 15 is 0 Å². The molecule has 3 aromatic rings. The molecule has 1 aliphatic heterocycles. The summed E-state index contributed by atoms with van der Waals surface area (Å²) in [5.74, 6) is -0.529. The zero-order valence-electron chi connectivity index (χ0n) is 14.6. The molecule has 0 saturated carbocycles. The minimum Gasteiger partial charge on any atom is -0.443 e. The van der Waals surface area contributed by atoms with E-state index in [-0.39, 0.29) is 11.3 Å². The van der Waals surface area contributed by atoms with Crippen molar-refractivity contribution >= 4 is 28.4 Å². The summed E-state index contributed by atoms with van der Waals surface area (Å²) < 4.78 is 50.0. The largest absolute Gasteiger partial charge is 0.443 e. The highest BCUT2D eigenvalue weighted by Gasteiger charge is 2.32. The van der Waals surface area contributed by atoms with Crippen molar-refractivity contribution < 1.29 is 27.1 Å². The molecule has 4 rings (SSSR count). The average molecular weight is 391 g/mol. The number of hydrogen-bond acceptors (Lipinski definition) is 5. The van der Waals surface area contributed by atoms with Crippen molar-refractivity contribution in [1.29, 1.82) is 0 Å². The fraction of sp³-hybridized carbons (Fsp3) is 0.263. The summed E-state index contributed by atoms with van der Waals surface area (Å²) in [5, 5.41) is 2.61. The number of carbonyl (C=O) groups is 1. The molecule has 2 heterocycles. The summed E-state index contributed by atoms with van der Waals surface area (Å²) in [6.45, 7) is 1.99. The van der Waals surface area contributed by atoms with Gasteiger partial charge in [0.2, 0.25) is 0 Å². The second-order valence-electron chi connectivity index (χ2n) is 6.32. The fourth-order valence-corrected chi connectivity index (χ4v) is 3.09. The van der Waals surface area contributed by atoms with Crippen LogP contribution in [-0.2, 0) is 10.9 Å². The molecule has 0 unspecified atom stereocenters. The van der Waals surface area contributed by atoms with Crippen molar-refractivity contribution in [2.24, 2.45) is 0 Å². The summed E-state index contributed by atoms with van der Waals surface area (Å²) in [6.07, 6.45) is -3.25. The molecule has 1 fully saturated rings. The predicted octanol–water partition coefficient (Wildman–Crippen LogP) is 3.94. The number of carbonyl (C=O) groups excluding carboxylic acids is 1. The summed E-state index contributed by atoms with van der Waals surface area (Å²) in [7, 11) is 0. The monoisotopic (exact) mass is 391 g/mol. The Morgan fingerprint density at radius 2 is 1.89 bits per heavy atom. The summed E-state index contributed by atoms with van der Waals surface area (Å²) in [5.41, 5.74) is 1.07. The number of halogens is 3. The highest BCUT2D eigenvalue weighted by molar-refractivity contribution is 6.07. The van der Waals surface area contributed by atoms with E-state index in [0.717, 1.165) is 12.1 Å². The number of ether oxygens (including phenoxy) is 1. The molecule has 0 bridgehead atoms. The van der Waals surface area contributed by atoms with Crippen molar-refractivity contribution in [2.45, 2.75) is 6.18 Å². The Labute approximate surface area is 157 Å². The molecule has 6 nitrogen and oxygen atoms in total. The lowest BCUT2D eigenvalue weighted by Gasteiger charge is -2.31. The number of nitrogens with zero attached hydrogens (tertiary/aromatic N) is 2. The van der Waals surface area contributed by atoms with Gasteiger partial charge in [-0.15, -0.1) is 0 Å². The number of aromatic nitrogens is 1. The Bertz CT molecular complexity index is 1010. The molecule has 1 aromatic heterocycles. The first-order valence-corrected chi connectivity index (χ1v) is 8.60. The van der Waals surface area contributed by atoms with Crippen LogP contribution in [0.25, 0.3) is 11.1 Å². The maximum Gasteiger partial charge on any atom is 0.416 e. The van der Waals surface area contributed by atoms with Crippen LogP contribution in [0.4, 0.5) is 24.5 Å². The van der Waals surface area contributed by atoms with E-state index in [1.54, 1.807) is 6.07 Å². The number of fused-ring (bicyclic) bond motifs is 1. The highest BCUT2D eigenvalue weighted by Crippen LogP contribution is 2.36. The van der Waals surface area contributed by atoms with Gasteiger partial charge in [-0.3, -0.25) is 4.79 Å². The molecule has 0 aliphatic carbocycles. The van der Waals surface area contributed by atoms with Crippen molar-refractivity contribution in [3.8, 4) is 0 Å². The van der Waals surface area contributed by atoms with Crippen LogP contribution < -0.4 is 10.2 Å². The van der Waals surface area contributed by atoms with Crippen molar-refractivity contribution in [1.82, 2.24) is 4.98 Å². The zero-order valence-corrected chi connectivity index (χ0v) is 14.6. The van der Waals surface area contributed by atoms with Crippen LogP contribution in [0.2, 0.25) is 0 Å². The minimum atomic E-state index is -4.51. The number of rotatable bonds is 3. The van der Waals surface area contributed by atoms with Gasteiger partial charge in [0, 0.05) is 18.7 Å². The van der Waals surface area contributed by atoms with Crippen molar-refractivity contribution in [2.75, 3.05) is 36.5 Å². The quantitative estimate of drug-likeness (QED) is 0.733. The van der Waals surface area contributed by atoms with Gasteiger partial charge < -0.3 is 19.4 Å². The Balaban J connectivity index is 1.67. The maximum absolute atomic E-state index is 13.2. The molecule has 1 aliphatic rings. The number of hydrogen-bond donors (Lipinski definition) is 1. The lowest BCUT2D eigenvalue weighted by molar-refractivity contribution is -0.137. The van der Waals surface area contributed by atoms with Gasteiger partial charge in [-0.25, -0.2) is 4.98 Å². The minimum absolute atomic E-state index is 0.0991. The Kier molecular flexibility index (Phi) is 4.68. The zero-order chi connectivity index (χ0) is 19.7.